The van der Waals surface area contributed by atoms with Crippen molar-refractivity contribution in [3.63, 3.8) is 0 Å². The summed E-state index contributed by atoms with van der Waals surface area (Å²) in [7, 11) is 1.41. The molecule has 1 rings (SSSR count). The smallest absolute Gasteiger partial charge is 0.359 e. The Balaban J connectivity index is 2.81. The second kappa shape index (κ2) is 5.21. The molecule has 0 aliphatic heterocycles. The van der Waals surface area contributed by atoms with E-state index in [-0.39, 0.29) is 24.0 Å². The Morgan fingerprint density at radius 2 is 2.00 bits per heavy atom. The lowest BCUT2D eigenvalue weighted by Crippen LogP contribution is -2.11. The first-order valence-electron chi connectivity index (χ1n) is 4.29. The van der Waals surface area contributed by atoms with Crippen LogP contribution in [0.5, 0.6) is 0 Å². The summed E-state index contributed by atoms with van der Waals surface area (Å²) in [5, 5.41) is 0. The van der Waals surface area contributed by atoms with Gasteiger partial charge in [0.1, 0.15) is 11.4 Å². The van der Waals surface area contributed by atoms with Gasteiger partial charge >= 0.3 is 5.97 Å². The Morgan fingerprint density at radius 3 is 2.60 bits per heavy atom. The summed E-state index contributed by atoms with van der Waals surface area (Å²) in [5.74, 6) is -0.809. The maximum Gasteiger partial charge on any atom is 0.359 e. The van der Waals surface area contributed by atoms with Crippen LogP contribution < -0.4 is 0 Å². The van der Waals surface area contributed by atoms with Crippen molar-refractivity contribution >= 4 is 11.8 Å². The molecule has 0 aromatic carbocycles. The van der Waals surface area contributed by atoms with Crippen LogP contribution in [0.25, 0.3) is 0 Å². The first-order valence-corrected chi connectivity index (χ1v) is 4.29. The number of ketones is 1. The average Bonchev–Trinajstić information content (AvgIpc) is 2.26. The zero-order valence-corrected chi connectivity index (χ0v) is 8.52. The van der Waals surface area contributed by atoms with Crippen molar-refractivity contribution in [2.24, 2.45) is 0 Å². The molecule has 80 valence electrons. The molecule has 0 aliphatic rings. The zero-order chi connectivity index (χ0) is 11.3. The van der Waals surface area contributed by atoms with Gasteiger partial charge in [-0.15, -0.1) is 0 Å². The Bertz CT molecular complexity index is 375. The predicted octanol–water partition coefficient (Wildman–Crippen LogP) is 1.04. The molecule has 0 spiro atoms. The lowest BCUT2D eigenvalue weighted by atomic mass is 10.2. The SMILES string of the molecule is COCOC(=O)c1cccc(C(C)=O)n1. The summed E-state index contributed by atoms with van der Waals surface area (Å²) in [5.41, 5.74) is 0.335. The van der Waals surface area contributed by atoms with Crippen molar-refractivity contribution in [1.82, 2.24) is 4.98 Å². The molecular formula is C10H11NO4. The molecule has 0 saturated heterocycles. The fourth-order valence-electron chi connectivity index (χ4n) is 0.931. The fraction of sp³-hybridized carbons (Fsp3) is 0.300. The van der Waals surface area contributed by atoms with E-state index in [0.717, 1.165) is 0 Å². The second-order valence-electron chi connectivity index (χ2n) is 2.80. The maximum absolute atomic E-state index is 11.3. The molecule has 5 heteroatoms. The van der Waals surface area contributed by atoms with E-state index in [4.69, 9.17) is 0 Å². The van der Waals surface area contributed by atoms with Crippen LogP contribution in [0.3, 0.4) is 0 Å². The molecule has 0 atom stereocenters. The van der Waals surface area contributed by atoms with E-state index in [1.54, 1.807) is 6.07 Å². The van der Waals surface area contributed by atoms with Gasteiger partial charge in [0.25, 0.3) is 0 Å². The predicted molar refractivity (Wildman–Crippen MR) is 51.5 cm³/mol. The lowest BCUT2D eigenvalue weighted by Gasteiger charge is -2.02. The summed E-state index contributed by atoms with van der Waals surface area (Å²) in [6.45, 7) is 1.25. The van der Waals surface area contributed by atoms with Crippen LogP contribution in [0.1, 0.15) is 27.9 Å². The van der Waals surface area contributed by atoms with Gasteiger partial charge in [0.05, 0.1) is 0 Å². The largest absolute Gasteiger partial charge is 0.434 e. The van der Waals surface area contributed by atoms with Crippen molar-refractivity contribution in [3.8, 4) is 0 Å². The number of esters is 1. The number of rotatable bonds is 4. The van der Waals surface area contributed by atoms with Gasteiger partial charge in [0.15, 0.2) is 12.6 Å². The third-order valence-corrected chi connectivity index (χ3v) is 1.63. The highest BCUT2D eigenvalue weighted by molar-refractivity contribution is 5.94. The molecule has 0 aliphatic carbocycles. The Morgan fingerprint density at radius 1 is 1.33 bits per heavy atom. The molecule has 1 heterocycles. The minimum Gasteiger partial charge on any atom is -0.434 e. The van der Waals surface area contributed by atoms with Gasteiger partial charge in [0.2, 0.25) is 0 Å². The number of hydrogen-bond acceptors (Lipinski definition) is 5. The quantitative estimate of drug-likeness (QED) is 0.421. The van der Waals surface area contributed by atoms with Crippen LogP contribution in [-0.2, 0) is 9.47 Å². The summed E-state index contributed by atoms with van der Waals surface area (Å²) in [4.78, 5) is 26.1. The lowest BCUT2D eigenvalue weighted by molar-refractivity contribution is -0.0130. The zero-order valence-electron chi connectivity index (χ0n) is 8.52. The van der Waals surface area contributed by atoms with Crippen LogP contribution in [0.4, 0.5) is 0 Å². The fourth-order valence-corrected chi connectivity index (χ4v) is 0.931. The summed E-state index contributed by atoms with van der Waals surface area (Å²) in [6.07, 6.45) is 0. The average molecular weight is 209 g/mol. The third-order valence-electron chi connectivity index (χ3n) is 1.63. The minimum absolute atomic E-state index is 0.0970. The van der Waals surface area contributed by atoms with Crippen molar-refractivity contribution in [2.75, 3.05) is 13.9 Å². The van der Waals surface area contributed by atoms with E-state index < -0.39 is 5.97 Å². The highest BCUT2D eigenvalue weighted by Gasteiger charge is 2.10. The van der Waals surface area contributed by atoms with Gasteiger partial charge in [-0.2, -0.15) is 0 Å². The van der Waals surface area contributed by atoms with Gasteiger partial charge in [0, 0.05) is 14.0 Å². The van der Waals surface area contributed by atoms with E-state index in [9.17, 15) is 9.59 Å². The Kier molecular flexibility index (Phi) is 3.93. The summed E-state index contributed by atoms with van der Waals surface area (Å²) >= 11 is 0. The van der Waals surface area contributed by atoms with Gasteiger partial charge in [-0.25, -0.2) is 9.78 Å². The third kappa shape index (κ3) is 3.14. The Labute approximate surface area is 87.0 Å². The number of hydrogen-bond donors (Lipinski definition) is 0. The van der Waals surface area contributed by atoms with E-state index >= 15 is 0 Å². The first-order chi connectivity index (χ1) is 7.15. The van der Waals surface area contributed by atoms with Crippen molar-refractivity contribution in [1.29, 1.82) is 0 Å². The van der Waals surface area contributed by atoms with Crippen molar-refractivity contribution < 1.29 is 19.1 Å². The summed E-state index contributed by atoms with van der Waals surface area (Å²) < 4.78 is 9.25. The number of pyridine rings is 1. The van der Waals surface area contributed by atoms with Crippen LogP contribution in [0, 0.1) is 0 Å². The van der Waals surface area contributed by atoms with Crippen LogP contribution in [0.2, 0.25) is 0 Å². The van der Waals surface area contributed by atoms with E-state index in [2.05, 4.69) is 14.5 Å². The first kappa shape index (κ1) is 11.3. The molecule has 1 aromatic rings. The van der Waals surface area contributed by atoms with E-state index in [0.29, 0.717) is 0 Å². The molecule has 0 bridgehead atoms. The molecule has 0 N–H and O–H groups in total. The second-order valence-corrected chi connectivity index (χ2v) is 2.80. The highest BCUT2D eigenvalue weighted by Crippen LogP contribution is 2.02. The van der Waals surface area contributed by atoms with Crippen molar-refractivity contribution in [3.05, 3.63) is 29.6 Å². The van der Waals surface area contributed by atoms with Crippen molar-refractivity contribution in [2.45, 2.75) is 6.92 Å². The number of nitrogens with zero attached hydrogens (tertiary/aromatic N) is 1. The molecule has 0 radical (unpaired) electrons. The molecule has 5 nitrogen and oxygen atoms in total. The van der Waals surface area contributed by atoms with Gasteiger partial charge in [-0.3, -0.25) is 4.79 Å². The van der Waals surface area contributed by atoms with Gasteiger partial charge < -0.3 is 9.47 Å². The standard InChI is InChI=1S/C10H11NO4/c1-7(12)8-4-3-5-9(11-8)10(13)15-6-14-2/h3-5H,6H2,1-2H3. The Hall–Kier alpha value is -1.75. The van der Waals surface area contributed by atoms with Crippen LogP contribution >= 0.6 is 0 Å². The molecule has 15 heavy (non-hydrogen) atoms. The topological polar surface area (TPSA) is 65.5 Å². The highest BCUT2D eigenvalue weighted by atomic mass is 16.7. The molecule has 0 saturated carbocycles. The number of methoxy groups -OCH3 is 1. The normalized spacial score (nSPS) is 9.73. The van der Waals surface area contributed by atoms with Gasteiger partial charge in [-0.05, 0) is 12.1 Å². The maximum atomic E-state index is 11.3. The number of ether oxygens (including phenoxy) is 2. The number of carbonyl (C=O) groups excluding carboxylic acids is 2. The number of aromatic nitrogens is 1. The van der Waals surface area contributed by atoms with Gasteiger partial charge in [-0.1, -0.05) is 6.07 Å². The molecule has 0 amide bonds. The van der Waals surface area contributed by atoms with E-state index in [1.807, 2.05) is 0 Å². The van der Waals surface area contributed by atoms with Crippen LogP contribution in [-0.4, -0.2) is 30.6 Å². The van der Waals surface area contributed by atoms with E-state index in [1.165, 1.54) is 26.2 Å². The molecule has 0 fully saturated rings. The number of Topliss-reactive ketones (excluding diaryl/α,β-unsaturated/α-hetero) is 1. The van der Waals surface area contributed by atoms with Crippen LogP contribution in [0.15, 0.2) is 18.2 Å². The minimum atomic E-state index is -0.611. The molecular weight excluding hydrogens is 198 g/mol. The summed E-state index contributed by atoms with van der Waals surface area (Å²) in [6, 6.07) is 4.59. The molecule has 0 unspecified atom stereocenters. The monoisotopic (exact) mass is 209 g/mol. The molecule has 1 aromatic heterocycles. The number of carbonyl (C=O) groups is 2.